The highest BCUT2D eigenvalue weighted by Crippen LogP contribution is 2.29. The molecule has 0 aliphatic heterocycles. The molecule has 2 atom stereocenters. The molecule has 19 heavy (non-hydrogen) atoms. The lowest BCUT2D eigenvalue weighted by molar-refractivity contribution is 0.317. The van der Waals surface area contributed by atoms with Crippen LogP contribution in [0.25, 0.3) is 0 Å². The van der Waals surface area contributed by atoms with Crippen molar-refractivity contribution in [3.05, 3.63) is 29.3 Å². The molecule has 0 heterocycles. The first kappa shape index (κ1) is 14.3. The molecule has 1 aliphatic carbocycles. The van der Waals surface area contributed by atoms with E-state index in [0.717, 1.165) is 17.0 Å². The van der Waals surface area contributed by atoms with E-state index in [4.69, 9.17) is 18.0 Å². The highest BCUT2D eigenvalue weighted by Gasteiger charge is 2.23. The number of benzene rings is 1. The number of thiocarbonyl (C=S) groups is 1. The van der Waals surface area contributed by atoms with Crippen molar-refractivity contribution in [2.24, 2.45) is 11.7 Å². The maximum Gasteiger partial charge on any atom is 0.104 e. The minimum absolute atomic E-state index is 0.480. The van der Waals surface area contributed by atoms with Crippen molar-refractivity contribution in [3.8, 4) is 0 Å². The molecule has 2 unspecified atom stereocenters. The van der Waals surface area contributed by atoms with Crippen molar-refractivity contribution in [2.45, 2.75) is 52.0 Å². The molecular formula is C16H24N2S. The number of hydrogen-bond donors (Lipinski definition) is 2. The molecule has 0 amide bonds. The summed E-state index contributed by atoms with van der Waals surface area (Å²) in [6.45, 7) is 4.36. The molecule has 0 bridgehead atoms. The van der Waals surface area contributed by atoms with Crippen molar-refractivity contribution in [2.75, 3.05) is 5.32 Å². The van der Waals surface area contributed by atoms with Crippen molar-refractivity contribution in [3.63, 3.8) is 0 Å². The lowest BCUT2D eigenvalue weighted by Crippen LogP contribution is -2.31. The smallest absolute Gasteiger partial charge is 0.104 e. The molecule has 1 aromatic carbocycles. The predicted octanol–water partition coefficient (Wildman–Crippen LogP) is 4.01. The lowest BCUT2D eigenvalue weighted by Gasteiger charge is -2.32. The maximum absolute atomic E-state index is 5.70. The Kier molecular flexibility index (Phi) is 4.81. The Morgan fingerprint density at radius 1 is 1.37 bits per heavy atom. The molecule has 3 N–H and O–H groups in total. The van der Waals surface area contributed by atoms with E-state index >= 15 is 0 Å². The van der Waals surface area contributed by atoms with Crippen LogP contribution >= 0.6 is 12.2 Å². The number of nitrogens with one attached hydrogen (secondary N) is 1. The molecular weight excluding hydrogens is 252 g/mol. The van der Waals surface area contributed by atoms with Crippen molar-refractivity contribution in [1.82, 2.24) is 0 Å². The van der Waals surface area contributed by atoms with E-state index in [-0.39, 0.29) is 0 Å². The van der Waals surface area contributed by atoms with Crippen LogP contribution in [-0.4, -0.2) is 11.0 Å². The highest BCUT2D eigenvalue weighted by atomic mass is 32.1. The molecule has 3 heteroatoms. The molecule has 1 aromatic rings. The first-order valence-electron chi connectivity index (χ1n) is 7.28. The van der Waals surface area contributed by atoms with Gasteiger partial charge in [-0.25, -0.2) is 0 Å². The van der Waals surface area contributed by atoms with Crippen LogP contribution in [0.3, 0.4) is 0 Å². The summed E-state index contributed by atoms with van der Waals surface area (Å²) >= 11 is 5.05. The molecule has 104 valence electrons. The Morgan fingerprint density at radius 2 is 2.11 bits per heavy atom. The van der Waals surface area contributed by atoms with E-state index in [0.29, 0.717) is 11.0 Å². The Hall–Kier alpha value is -1.09. The van der Waals surface area contributed by atoms with Crippen LogP contribution in [0.15, 0.2) is 18.2 Å². The Balaban J connectivity index is 2.10. The van der Waals surface area contributed by atoms with Crippen LogP contribution in [0.1, 0.15) is 50.2 Å². The summed E-state index contributed by atoms with van der Waals surface area (Å²) in [5.41, 5.74) is 9.04. The van der Waals surface area contributed by atoms with Gasteiger partial charge in [0.25, 0.3) is 0 Å². The van der Waals surface area contributed by atoms with E-state index in [1.165, 1.54) is 37.8 Å². The molecule has 2 nitrogen and oxygen atoms in total. The third kappa shape index (κ3) is 3.47. The minimum Gasteiger partial charge on any atom is -0.389 e. The zero-order chi connectivity index (χ0) is 13.8. The molecule has 0 aromatic heterocycles. The zero-order valence-electron chi connectivity index (χ0n) is 11.9. The van der Waals surface area contributed by atoms with Gasteiger partial charge in [-0.1, -0.05) is 38.4 Å². The average Bonchev–Trinajstić information content (AvgIpc) is 2.39. The fourth-order valence-corrected chi connectivity index (χ4v) is 3.36. The van der Waals surface area contributed by atoms with Gasteiger partial charge in [-0.3, -0.25) is 0 Å². The van der Waals surface area contributed by atoms with E-state index in [1.807, 2.05) is 6.07 Å². The number of aryl methyl sites for hydroxylation is 1. The van der Waals surface area contributed by atoms with Gasteiger partial charge in [0.1, 0.15) is 4.99 Å². The van der Waals surface area contributed by atoms with Gasteiger partial charge in [-0.05, 0) is 49.4 Å². The number of rotatable bonds is 4. The largest absolute Gasteiger partial charge is 0.389 e. The summed E-state index contributed by atoms with van der Waals surface area (Å²) in [6, 6.07) is 6.91. The third-order valence-electron chi connectivity index (χ3n) is 4.28. The van der Waals surface area contributed by atoms with Crippen molar-refractivity contribution < 1.29 is 0 Å². The van der Waals surface area contributed by atoms with Gasteiger partial charge in [0.2, 0.25) is 0 Å². The van der Waals surface area contributed by atoms with Crippen LogP contribution in [0.2, 0.25) is 0 Å². The van der Waals surface area contributed by atoms with Gasteiger partial charge in [-0.2, -0.15) is 0 Å². The van der Waals surface area contributed by atoms with Gasteiger partial charge >= 0.3 is 0 Å². The molecule has 1 fully saturated rings. The quantitative estimate of drug-likeness (QED) is 0.816. The second-order valence-electron chi connectivity index (χ2n) is 5.60. The summed E-state index contributed by atoms with van der Waals surface area (Å²) in [7, 11) is 0. The van der Waals surface area contributed by atoms with Crippen LogP contribution in [0.4, 0.5) is 5.69 Å². The van der Waals surface area contributed by atoms with E-state index in [1.54, 1.807) is 0 Å². The minimum atomic E-state index is 0.480. The standard InChI is InChI=1S/C16H24N2S/c1-3-12-6-4-5-7-15(12)18-13-8-9-14(16(17)19)11(2)10-13/h8-10,12,15,18H,3-7H2,1-2H3,(H2,17,19). The van der Waals surface area contributed by atoms with Crippen molar-refractivity contribution >= 4 is 22.9 Å². The number of hydrogen-bond acceptors (Lipinski definition) is 2. The summed E-state index contributed by atoms with van der Waals surface area (Å²) < 4.78 is 0. The normalized spacial score (nSPS) is 23.1. The fraction of sp³-hybridized carbons (Fsp3) is 0.562. The van der Waals surface area contributed by atoms with Crippen LogP contribution in [0.5, 0.6) is 0 Å². The van der Waals surface area contributed by atoms with E-state index < -0.39 is 0 Å². The number of nitrogens with two attached hydrogens (primary N) is 1. The summed E-state index contributed by atoms with van der Waals surface area (Å²) in [5, 5.41) is 3.70. The van der Waals surface area contributed by atoms with Crippen molar-refractivity contribution in [1.29, 1.82) is 0 Å². The van der Waals surface area contributed by atoms with Gasteiger partial charge in [0.05, 0.1) is 0 Å². The second kappa shape index (κ2) is 6.38. The first-order valence-corrected chi connectivity index (χ1v) is 7.69. The predicted molar refractivity (Wildman–Crippen MR) is 86.7 cm³/mol. The summed E-state index contributed by atoms with van der Waals surface area (Å²) in [6.07, 6.45) is 6.64. The molecule has 0 saturated heterocycles. The molecule has 0 radical (unpaired) electrons. The van der Waals surface area contributed by atoms with Gasteiger partial charge < -0.3 is 11.1 Å². The van der Waals surface area contributed by atoms with Crippen LogP contribution < -0.4 is 11.1 Å². The molecule has 0 spiro atoms. The topological polar surface area (TPSA) is 38.0 Å². The Morgan fingerprint density at radius 3 is 2.74 bits per heavy atom. The SMILES string of the molecule is CCC1CCCCC1Nc1ccc(C(N)=S)c(C)c1. The monoisotopic (exact) mass is 276 g/mol. The third-order valence-corrected chi connectivity index (χ3v) is 4.50. The fourth-order valence-electron chi connectivity index (χ4n) is 3.13. The van der Waals surface area contributed by atoms with E-state index in [9.17, 15) is 0 Å². The molecule has 2 rings (SSSR count). The second-order valence-corrected chi connectivity index (χ2v) is 6.04. The van der Waals surface area contributed by atoms with Gasteiger partial charge in [0, 0.05) is 17.3 Å². The maximum atomic E-state index is 5.70. The highest BCUT2D eigenvalue weighted by molar-refractivity contribution is 7.80. The van der Waals surface area contributed by atoms with Gasteiger partial charge in [-0.15, -0.1) is 0 Å². The Bertz CT molecular complexity index is 456. The van der Waals surface area contributed by atoms with Crippen LogP contribution in [-0.2, 0) is 0 Å². The van der Waals surface area contributed by atoms with E-state index in [2.05, 4.69) is 31.3 Å². The average molecular weight is 276 g/mol. The van der Waals surface area contributed by atoms with Gasteiger partial charge in [0.15, 0.2) is 0 Å². The summed E-state index contributed by atoms with van der Waals surface area (Å²) in [5.74, 6) is 0.810. The zero-order valence-corrected chi connectivity index (χ0v) is 12.7. The Labute approximate surface area is 121 Å². The number of anilines is 1. The molecule has 1 aliphatic rings. The summed E-state index contributed by atoms with van der Waals surface area (Å²) in [4.78, 5) is 0.480. The molecule has 1 saturated carbocycles. The van der Waals surface area contributed by atoms with Crippen LogP contribution in [0, 0.1) is 12.8 Å². The first-order chi connectivity index (χ1) is 9.11. The lowest BCUT2D eigenvalue weighted by atomic mass is 9.83.